The van der Waals surface area contributed by atoms with E-state index in [1.165, 1.54) is 17.1 Å². The second-order valence-electron chi connectivity index (χ2n) is 9.54. The minimum Gasteiger partial charge on any atom is -0.441 e. The molecule has 3 saturated carbocycles. The molecule has 0 radical (unpaired) electrons. The zero-order valence-corrected chi connectivity index (χ0v) is 20.2. The number of aryl methyl sites for hydroxylation is 1. The molecule has 1 amide bonds. The Labute approximate surface area is 210 Å². The monoisotopic (exact) mass is 509 g/mol. The lowest BCUT2D eigenvalue weighted by molar-refractivity contribution is -0.159. The number of nitrogens with one attached hydrogen (secondary N) is 1. The highest BCUT2D eigenvalue weighted by atomic mass is 35.5. The number of Topliss-reactive ketones (excluding diaryl/α,β-unsaturated/α-hetero) is 1. The first-order valence-corrected chi connectivity index (χ1v) is 11.6. The summed E-state index contributed by atoms with van der Waals surface area (Å²) in [5, 5.41) is 19.8. The number of ketones is 1. The van der Waals surface area contributed by atoms with Gasteiger partial charge in [0.25, 0.3) is 0 Å². The van der Waals surface area contributed by atoms with Gasteiger partial charge in [0.2, 0.25) is 0 Å². The van der Waals surface area contributed by atoms with E-state index in [9.17, 15) is 14.0 Å². The minimum absolute atomic E-state index is 0.0877. The Morgan fingerprint density at radius 1 is 1.36 bits per heavy atom. The van der Waals surface area contributed by atoms with Crippen LogP contribution in [0.1, 0.15) is 54.6 Å². The lowest BCUT2D eigenvalue weighted by Gasteiger charge is -2.67. The smallest absolute Gasteiger partial charge is 0.413 e. The SMILES string of the molecule is C[C@@H](OC(=O)Nc1c(-c2cc(F)c(C(=O)CC34CC(C#N)(C3)C4)cn2)nnn1C)c1cccnc1Cl. The summed E-state index contributed by atoms with van der Waals surface area (Å²) >= 11 is 6.06. The van der Waals surface area contributed by atoms with Gasteiger partial charge in [-0.1, -0.05) is 22.9 Å². The van der Waals surface area contributed by atoms with Gasteiger partial charge >= 0.3 is 6.09 Å². The maximum atomic E-state index is 14.9. The Balaban J connectivity index is 1.29. The number of aromatic nitrogens is 5. The van der Waals surface area contributed by atoms with Crippen LogP contribution < -0.4 is 5.32 Å². The third-order valence-electron chi connectivity index (χ3n) is 6.87. The Morgan fingerprint density at radius 3 is 2.78 bits per heavy atom. The van der Waals surface area contributed by atoms with E-state index < -0.39 is 18.0 Å². The molecule has 3 fully saturated rings. The third kappa shape index (κ3) is 4.07. The maximum absolute atomic E-state index is 14.9. The van der Waals surface area contributed by atoms with Crippen molar-refractivity contribution in [2.24, 2.45) is 17.9 Å². The van der Waals surface area contributed by atoms with E-state index >= 15 is 0 Å². The van der Waals surface area contributed by atoms with Crippen molar-refractivity contribution in [3.8, 4) is 17.5 Å². The fourth-order valence-corrected chi connectivity index (χ4v) is 5.50. The minimum atomic E-state index is -0.810. The maximum Gasteiger partial charge on any atom is 0.413 e. The molecule has 3 aromatic rings. The van der Waals surface area contributed by atoms with Crippen LogP contribution in [0, 0.1) is 28.0 Å². The number of carbonyl (C=O) groups excluding carboxylic acids is 2. The Bertz CT molecular complexity index is 1410. The van der Waals surface area contributed by atoms with E-state index in [1.807, 2.05) is 0 Å². The largest absolute Gasteiger partial charge is 0.441 e. The highest BCUT2D eigenvalue weighted by Gasteiger charge is 2.68. The number of carbonyl (C=O) groups is 2. The molecular weight excluding hydrogens is 489 g/mol. The molecule has 0 spiro atoms. The van der Waals surface area contributed by atoms with Crippen LogP contribution in [0.2, 0.25) is 5.15 Å². The van der Waals surface area contributed by atoms with Crippen molar-refractivity contribution in [1.82, 2.24) is 25.0 Å². The van der Waals surface area contributed by atoms with E-state index in [1.54, 1.807) is 26.1 Å². The quantitative estimate of drug-likeness (QED) is 0.359. The van der Waals surface area contributed by atoms with Crippen molar-refractivity contribution in [3.63, 3.8) is 0 Å². The van der Waals surface area contributed by atoms with Crippen LogP contribution in [-0.2, 0) is 11.8 Å². The molecule has 36 heavy (non-hydrogen) atoms. The molecule has 1 atom stereocenters. The van der Waals surface area contributed by atoms with Crippen molar-refractivity contribution < 1.29 is 18.7 Å². The summed E-state index contributed by atoms with van der Waals surface area (Å²) in [5.74, 6) is -0.960. The standard InChI is InChI=1S/C24H21ClFN7O3/c1-13(14-4-3-5-28-20(14)25)36-22(35)30-21-19(31-32-33(21)2)17-6-16(26)15(8-29-17)18(34)7-23-9-24(10-23,11-23)12-27/h3-6,8,13H,7,9-11H2,1-2H3,(H,30,35)/t13-,23?,24?/m1/s1. The van der Waals surface area contributed by atoms with E-state index in [0.29, 0.717) is 24.8 Å². The number of hydrogen-bond donors (Lipinski definition) is 1. The van der Waals surface area contributed by atoms with Gasteiger partial charge in [-0.3, -0.25) is 15.1 Å². The van der Waals surface area contributed by atoms with Crippen molar-refractivity contribution in [3.05, 3.63) is 52.7 Å². The summed E-state index contributed by atoms with van der Waals surface area (Å²) in [4.78, 5) is 33.4. The molecule has 0 aromatic carbocycles. The zero-order chi connectivity index (χ0) is 25.7. The molecule has 3 aliphatic rings. The molecule has 3 aromatic heterocycles. The van der Waals surface area contributed by atoms with E-state index in [-0.39, 0.29) is 51.0 Å². The summed E-state index contributed by atoms with van der Waals surface area (Å²) in [5.41, 5.74) is 0.147. The fourth-order valence-electron chi connectivity index (χ4n) is 5.23. The Hall–Kier alpha value is -3.91. The number of pyridine rings is 2. The number of anilines is 1. The van der Waals surface area contributed by atoms with Gasteiger partial charge < -0.3 is 4.74 Å². The van der Waals surface area contributed by atoms with Crippen molar-refractivity contribution in [2.45, 2.75) is 38.7 Å². The topological polar surface area (TPSA) is 136 Å². The van der Waals surface area contributed by atoms with Crippen molar-refractivity contribution in [2.75, 3.05) is 5.32 Å². The van der Waals surface area contributed by atoms with Crippen LogP contribution in [-0.4, -0.2) is 36.8 Å². The van der Waals surface area contributed by atoms with Crippen LogP contribution >= 0.6 is 11.6 Å². The average molecular weight is 510 g/mol. The summed E-state index contributed by atoms with van der Waals surface area (Å²) in [6.07, 6.45) is 3.44. The van der Waals surface area contributed by atoms with Gasteiger partial charge in [-0.15, -0.1) is 5.10 Å². The predicted octanol–water partition coefficient (Wildman–Crippen LogP) is 4.64. The Kier molecular flexibility index (Phi) is 5.71. The normalized spacial score (nSPS) is 22.5. The van der Waals surface area contributed by atoms with Gasteiger partial charge in [0.05, 0.1) is 22.7 Å². The molecular formula is C24H21ClFN7O3. The van der Waals surface area contributed by atoms with Gasteiger partial charge in [-0.25, -0.2) is 18.9 Å². The number of halogens is 2. The lowest BCUT2D eigenvalue weighted by atomic mass is 9.34. The molecule has 3 aliphatic carbocycles. The average Bonchev–Trinajstić information content (AvgIpc) is 3.15. The molecule has 1 N–H and O–H groups in total. The summed E-state index contributed by atoms with van der Waals surface area (Å²) in [7, 11) is 1.54. The summed E-state index contributed by atoms with van der Waals surface area (Å²) < 4.78 is 21.6. The van der Waals surface area contributed by atoms with Crippen molar-refractivity contribution in [1.29, 1.82) is 5.26 Å². The first-order valence-electron chi connectivity index (χ1n) is 11.2. The van der Waals surface area contributed by atoms with Crippen LogP contribution in [0.15, 0.2) is 30.6 Å². The van der Waals surface area contributed by atoms with Gasteiger partial charge in [0, 0.05) is 37.5 Å². The highest BCUT2D eigenvalue weighted by Crippen LogP contribution is 2.74. The van der Waals surface area contributed by atoms with Crippen LogP contribution in [0.5, 0.6) is 0 Å². The second kappa shape index (κ2) is 8.64. The molecule has 184 valence electrons. The number of nitriles is 1. The number of amides is 1. The Morgan fingerprint density at radius 2 is 2.11 bits per heavy atom. The molecule has 3 heterocycles. The number of nitrogens with zero attached hydrogens (tertiary/aromatic N) is 6. The van der Waals surface area contributed by atoms with Gasteiger partial charge in [0.15, 0.2) is 17.3 Å². The number of hydrogen-bond acceptors (Lipinski definition) is 8. The first kappa shape index (κ1) is 23.8. The number of rotatable bonds is 7. The lowest BCUT2D eigenvalue weighted by Crippen LogP contribution is -2.61. The zero-order valence-electron chi connectivity index (χ0n) is 19.5. The van der Waals surface area contributed by atoms with Gasteiger partial charge in [-0.05, 0) is 37.7 Å². The highest BCUT2D eigenvalue weighted by molar-refractivity contribution is 6.30. The van der Waals surface area contributed by atoms with E-state index in [2.05, 4.69) is 31.7 Å². The van der Waals surface area contributed by atoms with E-state index in [0.717, 1.165) is 6.07 Å². The third-order valence-corrected chi connectivity index (χ3v) is 7.18. The van der Waals surface area contributed by atoms with Crippen LogP contribution in [0.4, 0.5) is 15.0 Å². The number of ether oxygens (including phenoxy) is 1. The first-order chi connectivity index (χ1) is 17.1. The van der Waals surface area contributed by atoms with Crippen molar-refractivity contribution >= 4 is 29.3 Å². The molecule has 0 aliphatic heterocycles. The van der Waals surface area contributed by atoms with Crippen LogP contribution in [0.25, 0.3) is 11.4 Å². The molecule has 10 nitrogen and oxygen atoms in total. The molecule has 0 saturated heterocycles. The molecule has 0 unspecified atom stereocenters. The molecule has 2 bridgehead atoms. The molecule has 12 heteroatoms. The predicted molar refractivity (Wildman–Crippen MR) is 125 cm³/mol. The molecule has 6 rings (SSSR count). The van der Waals surface area contributed by atoms with Gasteiger partial charge in [0.1, 0.15) is 17.1 Å². The summed E-state index contributed by atoms with van der Waals surface area (Å²) in [6, 6.07) is 6.75. The second-order valence-corrected chi connectivity index (χ2v) is 9.90. The van der Waals surface area contributed by atoms with E-state index in [4.69, 9.17) is 21.6 Å². The van der Waals surface area contributed by atoms with Crippen LogP contribution in [0.3, 0.4) is 0 Å². The fraction of sp³-hybridized carbons (Fsp3) is 0.375. The summed E-state index contributed by atoms with van der Waals surface area (Å²) in [6.45, 7) is 1.64. The van der Waals surface area contributed by atoms with Gasteiger partial charge in [-0.2, -0.15) is 5.26 Å².